The maximum absolute atomic E-state index is 8.61. The lowest BCUT2D eigenvalue weighted by atomic mass is 9.91. The van der Waals surface area contributed by atoms with Crippen molar-refractivity contribution < 1.29 is 19.3 Å². The standard InChI is InChI=1S/C21H32O4/c1-3-4-5-6-7-8-9-13-21(2)14-12-18-15-19(24-17-23-16-22)10-11-20(18)25-21/h9-11,13,15,22H,3-8,12,14,16-17H2,1-2H3. The first-order chi connectivity index (χ1) is 12.2. The normalized spacial score (nSPS) is 19.6. The van der Waals surface area contributed by atoms with Crippen molar-refractivity contribution in [2.75, 3.05) is 13.6 Å². The fourth-order valence-corrected chi connectivity index (χ4v) is 3.09. The van der Waals surface area contributed by atoms with Crippen molar-refractivity contribution in [1.29, 1.82) is 0 Å². The zero-order valence-electron chi connectivity index (χ0n) is 15.6. The lowest BCUT2D eigenvalue weighted by Gasteiger charge is -2.33. The summed E-state index contributed by atoms with van der Waals surface area (Å²) in [6.45, 7) is 4.12. The van der Waals surface area contributed by atoms with Crippen LogP contribution in [-0.2, 0) is 11.2 Å². The van der Waals surface area contributed by atoms with E-state index in [0.717, 1.165) is 36.3 Å². The summed E-state index contributed by atoms with van der Waals surface area (Å²) >= 11 is 0. The van der Waals surface area contributed by atoms with Gasteiger partial charge >= 0.3 is 0 Å². The van der Waals surface area contributed by atoms with Crippen molar-refractivity contribution in [2.45, 2.75) is 70.8 Å². The molecule has 1 unspecified atom stereocenters. The Hall–Kier alpha value is -1.52. The molecule has 1 heterocycles. The number of ether oxygens (including phenoxy) is 3. The van der Waals surface area contributed by atoms with Gasteiger partial charge in [0.15, 0.2) is 6.79 Å². The van der Waals surface area contributed by atoms with Crippen LogP contribution < -0.4 is 9.47 Å². The first-order valence-corrected chi connectivity index (χ1v) is 9.48. The van der Waals surface area contributed by atoms with Crippen molar-refractivity contribution in [3.05, 3.63) is 35.9 Å². The highest BCUT2D eigenvalue weighted by molar-refractivity contribution is 5.42. The number of fused-ring (bicyclic) bond motifs is 1. The van der Waals surface area contributed by atoms with Crippen LogP contribution in [-0.4, -0.2) is 24.3 Å². The molecule has 0 spiro atoms. The van der Waals surface area contributed by atoms with Crippen molar-refractivity contribution in [3.8, 4) is 11.5 Å². The van der Waals surface area contributed by atoms with Gasteiger partial charge in [0.1, 0.15) is 23.9 Å². The predicted octanol–water partition coefficient (Wildman–Crippen LogP) is 4.99. The van der Waals surface area contributed by atoms with Gasteiger partial charge in [-0.05, 0) is 62.4 Å². The molecule has 1 aliphatic heterocycles. The Morgan fingerprint density at radius 3 is 2.88 bits per heavy atom. The van der Waals surface area contributed by atoms with E-state index >= 15 is 0 Å². The molecule has 0 saturated carbocycles. The zero-order valence-corrected chi connectivity index (χ0v) is 15.6. The Bertz CT molecular complexity index is 541. The highest BCUT2D eigenvalue weighted by Crippen LogP contribution is 2.36. The first-order valence-electron chi connectivity index (χ1n) is 9.48. The Kier molecular flexibility index (Phi) is 8.29. The molecule has 0 saturated heterocycles. The number of unbranched alkanes of at least 4 members (excludes halogenated alkanes) is 5. The lowest BCUT2D eigenvalue weighted by Crippen LogP contribution is -2.34. The largest absolute Gasteiger partial charge is 0.483 e. The molecule has 1 aromatic carbocycles. The smallest absolute Gasteiger partial charge is 0.191 e. The first kappa shape index (κ1) is 19.8. The molecule has 2 rings (SSSR count). The third-order valence-corrected chi connectivity index (χ3v) is 4.61. The van der Waals surface area contributed by atoms with E-state index in [1.54, 1.807) is 0 Å². The Morgan fingerprint density at radius 2 is 2.08 bits per heavy atom. The number of allylic oxidation sites excluding steroid dienone is 1. The summed E-state index contributed by atoms with van der Waals surface area (Å²) in [7, 11) is 0. The second-order valence-corrected chi connectivity index (χ2v) is 6.88. The number of hydrogen-bond donors (Lipinski definition) is 1. The summed E-state index contributed by atoms with van der Waals surface area (Å²) in [5, 5.41) is 8.61. The summed E-state index contributed by atoms with van der Waals surface area (Å²) in [4.78, 5) is 0. The molecule has 1 N–H and O–H groups in total. The topological polar surface area (TPSA) is 47.9 Å². The molecule has 1 aromatic rings. The monoisotopic (exact) mass is 348 g/mol. The van der Waals surface area contributed by atoms with Crippen LogP contribution in [0.15, 0.2) is 30.4 Å². The molecule has 0 bridgehead atoms. The molecule has 4 nitrogen and oxygen atoms in total. The van der Waals surface area contributed by atoms with Gasteiger partial charge < -0.3 is 19.3 Å². The molecule has 4 heteroatoms. The van der Waals surface area contributed by atoms with Crippen molar-refractivity contribution in [2.24, 2.45) is 0 Å². The van der Waals surface area contributed by atoms with E-state index in [1.165, 1.54) is 32.1 Å². The molecule has 1 atom stereocenters. The van der Waals surface area contributed by atoms with E-state index in [2.05, 4.69) is 26.0 Å². The number of aliphatic hydroxyl groups excluding tert-OH is 1. The molecule has 1 aliphatic rings. The van der Waals surface area contributed by atoms with E-state index in [9.17, 15) is 0 Å². The minimum atomic E-state index is -0.336. The number of aliphatic hydroxyl groups is 1. The van der Waals surface area contributed by atoms with E-state index in [1.807, 2.05) is 18.2 Å². The number of hydrogen-bond acceptors (Lipinski definition) is 4. The van der Waals surface area contributed by atoms with Crippen LogP contribution in [0.2, 0.25) is 0 Å². The minimum Gasteiger partial charge on any atom is -0.483 e. The predicted molar refractivity (Wildman–Crippen MR) is 100.0 cm³/mol. The van der Waals surface area contributed by atoms with Crippen LogP contribution in [0.5, 0.6) is 11.5 Å². The van der Waals surface area contributed by atoms with E-state index in [0.29, 0.717) is 0 Å². The molecular weight excluding hydrogens is 316 g/mol. The van der Waals surface area contributed by atoms with Gasteiger partial charge in [0.25, 0.3) is 0 Å². The molecule has 140 valence electrons. The van der Waals surface area contributed by atoms with Crippen LogP contribution in [0.1, 0.15) is 64.4 Å². The average molecular weight is 348 g/mol. The van der Waals surface area contributed by atoms with Gasteiger partial charge in [-0.3, -0.25) is 0 Å². The van der Waals surface area contributed by atoms with Gasteiger partial charge in [-0.15, -0.1) is 0 Å². The second kappa shape index (κ2) is 10.5. The molecule has 25 heavy (non-hydrogen) atoms. The third kappa shape index (κ3) is 6.71. The van der Waals surface area contributed by atoms with Crippen molar-refractivity contribution in [1.82, 2.24) is 0 Å². The Labute approximate surface area is 151 Å². The molecular formula is C21H32O4. The highest BCUT2D eigenvalue weighted by atomic mass is 16.7. The van der Waals surface area contributed by atoms with Crippen LogP contribution in [0, 0.1) is 0 Å². The minimum absolute atomic E-state index is 0.0504. The van der Waals surface area contributed by atoms with Crippen LogP contribution in [0.3, 0.4) is 0 Å². The Morgan fingerprint density at radius 1 is 1.24 bits per heavy atom. The lowest BCUT2D eigenvalue weighted by molar-refractivity contribution is -0.0654. The third-order valence-electron chi connectivity index (χ3n) is 4.61. The Balaban J connectivity index is 1.82. The van der Waals surface area contributed by atoms with Gasteiger partial charge in [-0.25, -0.2) is 0 Å². The average Bonchev–Trinajstić information content (AvgIpc) is 2.61. The summed E-state index contributed by atoms with van der Waals surface area (Å²) < 4.78 is 16.5. The molecule has 0 amide bonds. The van der Waals surface area contributed by atoms with Gasteiger partial charge in [-0.2, -0.15) is 0 Å². The van der Waals surface area contributed by atoms with Crippen LogP contribution in [0.25, 0.3) is 0 Å². The second-order valence-electron chi connectivity index (χ2n) is 6.88. The number of aryl methyl sites for hydroxylation is 1. The van der Waals surface area contributed by atoms with E-state index in [-0.39, 0.29) is 19.2 Å². The summed E-state index contributed by atoms with van der Waals surface area (Å²) in [6, 6.07) is 5.83. The zero-order chi connectivity index (χ0) is 18.0. The molecule has 0 fully saturated rings. The quantitative estimate of drug-likeness (QED) is 0.348. The van der Waals surface area contributed by atoms with Crippen LogP contribution in [0.4, 0.5) is 0 Å². The molecule has 0 radical (unpaired) electrons. The summed E-state index contributed by atoms with van der Waals surface area (Å²) in [5.41, 5.74) is 0.936. The maximum atomic E-state index is 8.61. The van der Waals surface area contributed by atoms with Gasteiger partial charge in [0.05, 0.1) is 0 Å². The van der Waals surface area contributed by atoms with Crippen molar-refractivity contribution in [3.63, 3.8) is 0 Å². The maximum Gasteiger partial charge on any atom is 0.191 e. The number of benzene rings is 1. The molecule has 0 aliphatic carbocycles. The van der Waals surface area contributed by atoms with Gasteiger partial charge in [0.2, 0.25) is 0 Å². The van der Waals surface area contributed by atoms with E-state index in [4.69, 9.17) is 19.3 Å². The fraction of sp³-hybridized carbons (Fsp3) is 0.619. The molecule has 0 aromatic heterocycles. The highest BCUT2D eigenvalue weighted by Gasteiger charge is 2.29. The van der Waals surface area contributed by atoms with Gasteiger partial charge in [-0.1, -0.05) is 38.7 Å². The SMILES string of the molecule is CCCCCCCC=CC1(C)CCc2cc(OCOCO)ccc2O1. The van der Waals surface area contributed by atoms with Crippen molar-refractivity contribution >= 4 is 0 Å². The van der Waals surface area contributed by atoms with Gasteiger partial charge in [0, 0.05) is 0 Å². The fourth-order valence-electron chi connectivity index (χ4n) is 3.09. The van der Waals surface area contributed by atoms with Crippen LogP contribution >= 0.6 is 0 Å². The summed E-state index contributed by atoms with van der Waals surface area (Å²) in [6.07, 6.45) is 14.1. The van der Waals surface area contributed by atoms with E-state index < -0.39 is 0 Å². The summed E-state index contributed by atoms with van der Waals surface area (Å²) in [5.74, 6) is 1.67. The number of rotatable bonds is 11.